The average molecular weight is 371 g/mol. The maximum atomic E-state index is 12.7. The number of benzene rings is 2. The van der Waals surface area contributed by atoms with E-state index >= 15 is 0 Å². The Kier molecular flexibility index (Phi) is 5.97. The number of hydrogen-bond donors (Lipinski definition) is 1. The highest BCUT2D eigenvalue weighted by Crippen LogP contribution is 2.19. The maximum Gasteiger partial charge on any atom is 0.274 e. The minimum Gasteiger partial charge on any atom is -0.350 e. The van der Waals surface area contributed by atoms with Crippen LogP contribution in [0, 0.1) is 11.3 Å². The van der Waals surface area contributed by atoms with Gasteiger partial charge in [-0.25, -0.2) is 9.97 Å². The molecule has 140 valence electrons. The van der Waals surface area contributed by atoms with E-state index in [9.17, 15) is 10.1 Å². The lowest BCUT2D eigenvalue weighted by Gasteiger charge is -2.28. The molecule has 1 heterocycles. The van der Waals surface area contributed by atoms with Crippen molar-refractivity contribution >= 4 is 17.4 Å². The molecule has 0 bridgehead atoms. The number of aromatic nitrogens is 2. The van der Waals surface area contributed by atoms with Crippen molar-refractivity contribution in [1.29, 1.82) is 5.26 Å². The summed E-state index contributed by atoms with van der Waals surface area (Å²) >= 11 is 0. The van der Waals surface area contributed by atoms with Crippen molar-refractivity contribution in [3.8, 4) is 6.07 Å². The fourth-order valence-corrected chi connectivity index (χ4v) is 2.81. The van der Waals surface area contributed by atoms with E-state index in [1.54, 1.807) is 30.3 Å². The number of anilines is 2. The number of hydrogen-bond acceptors (Lipinski definition) is 5. The number of amides is 1. The van der Waals surface area contributed by atoms with Crippen molar-refractivity contribution in [2.24, 2.45) is 0 Å². The van der Waals surface area contributed by atoms with E-state index in [-0.39, 0.29) is 17.6 Å². The monoisotopic (exact) mass is 371 g/mol. The van der Waals surface area contributed by atoms with E-state index in [0.717, 1.165) is 5.56 Å². The van der Waals surface area contributed by atoms with Gasteiger partial charge in [0.1, 0.15) is 23.9 Å². The molecule has 0 aliphatic rings. The summed E-state index contributed by atoms with van der Waals surface area (Å²) in [6.07, 6.45) is 1.39. The van der Waals surface area contributed by atoms with Crippen LogP contribution in [-0.4, -0.2) is 21.9 Å². The third-order valence-electron chi connectivity index (χ3n) is 4.29. The summed E-state index contributed by atoms with van der Waals surface area (Å²) in [6, 6.07) is 20.9. The molecule has 0 fully saturated rings. The minimum atomic E-state index is -0.380. The van der Waals surface area contributed by atoms with Gasteiger partial charge in [0.25, 0.3) is 5.91 Å². The predicted molar refractivity (Wildman–Crippen MR) is 109 cm³/mol. The topological polar surface area (TPSA) is 81.9 Å². The summed E-state index contributed by atoms with van der Waals surface area (Å²) in [7, 11) is 0. The smallest absolute Gasteiger partial charge is 0.274 e. The summed E-state index contributed by atoms with van der Waals surface area (Å²) < 4.78 is 0. The standard InChI is InChI=1S/C22H21N5O/c1-16(2)27(14-17-8-4-3-5-9-17)21-12-20(24-15-25-21)22(28)26-19-11-7-6-10-18(19)13-23/h3-12,15-16H,14H2,1-2H3,(H,26,28). The van der Waals surface area contributed by atoms with Gasteiger partial charge < -0.3 is 10.2 Å². The van der Waals surface area contributed by atoms with Crippen LogP contribution in [0.15, 0.2) is 67.0 Å². The summed E-state index contributed by atoms with van der Waals surface area (Å²) in [5, 5.41) is 11.9. The van der Waals surface area contributed by atoms with Crippen LogP contribution >= 0.6 is 0 Å². The molecule has 0 spiro atoms. The van der Waals surface area contributed by atoms with Crippen LogP contribution in [-0.2, 0) is 6.54 Å². The third-order valence-corrected chi connectivity index (χ3v) is 4.29. The Morgan fingerprint density at radius 1 is 1.11 bits per heavy atom. The fraction of sp³-hybridized carbons (Fsp3) is 0.182. The van der Waals surface area contributed by atoms with Crippen LogP contribution in [0.5, 0.6) is 0 Å². The number of nitrogens with one attached hydrogen (secondary N) is 1. The van der Waals surface area contributed by atoms with Crippen molar-refractivity contribution in [1.82, 2.24) is 9.97 Å². The van der Waals surface area contributed by atoms with Gasteiger partial charge in [0.05, 0.1) is 11.3 Å². The molecular weight excluding hydrogens is 350 g/mol. The third kappa shape index (κ3) is 4.51. The Bertz CT molecular complexity index is 995. The number of rotatable bonds is 6. The SMILES string of the molecule is CC(C)N(Cc1ccccc1)c1cc(C(=O)Nc2ccccc2C#N)ncn1. The van der Waals surface area contributed by atoms with Gasteiger partial charge in [0.15, 0.2) is 0 Å². The Morgan fingerprint density at radius 3 is 2.54 bits per heavy atom. The van der Waals surface area contributed by atoms with Gasteiger partial charge in [-0.2, -0.15) is 5.26 Å². The largest absolute Gasteiger partial charge is 0.350 e. The lowest BCUT2D eigenvalue weighted by Crippen LogP contribution is -2.31. The van der Waals surface area contributed by atoms with Gasteiger partial charge in [-0.05, 0) is 31.5 Å². The lowest BCUT2D eigenvalue weighted by molar-refractivity contribution is 0.102. The molecule has 0 radical (unpaired) electrons. The molecule has 0 unspecified atom stereocenters. The molecule has 3 aromatic rings. The molecule has 1 N–H and O–H groups in total. The average Bonchev–Trinajstić information content (AvgIpc) is 2.73. The summed E-state index contributed by atoms with van der Waals surface area (Å²) in [6.45, 7) is 4.83. The highest BCUT2D eigenvalue weighted by Gasteiger charge is 2.16. The van der Waals surface area contributed by atoms with Gasteiger partial charge in [0, 0.05) is 18.7 Å². The van der Waals surface area contributed by atoms with Crippen molar-refractivity contribution in [2.45, 2.75) is 26.4 Å². The van der Waals surface area contributed by atoms with E-state index in [4.69, 9.17) is 0 Å². The quantitative estimate of drug-likeness (QED) is 0.708. The second-order valence-corrected chi connectivity index (χ2v) is 6.58. The van der Waals surface area contributed by atoms with Gasteiger partial charge in [-0.1, -0.05) is 42.5 Å². The van der Waals surface area contributed by atoms with Crippen LogP contribution in [0.3, 0.4) is 0 Å². The molecule has 0 atom stereocenters. The number of carbonyl (C=O) groups excluding carboxylic acids is 1. The molecule has 0 saturated carbocycles. The molecule has 6 heteroatoms. The fourth-order valence-electron chi connectivity index (χ4n) is 2.81. The number of nitrogens with zero attached hydrogens (tertiary/aromatic N) is 4. The van der Waals surface area contributed by atoms with Crippen molar-refractivity contribution in [3.05, 3.63) is 83.8 Å². The van der Waals surface area contributed by atoms with Crippen LogP contribution in [0.4, 0.5) is 11.5 Å². The molecular formula is C22H21N5O. The summed E-state index contributed by atoms with van der Waals surface area (Å²) in [5.74, 6) is 0.294. The molecule has 1 amide bonds. The Morgan fingerprint density at radius 2 is 1.82 bits per heavy atom. The first-order valence-electron chi connectivity index (χ1n) is 9.01. The van der Waals surface area contributed by atoms with Crippen LogP contribution < -0.4 is 10.2 Å². The minimum absolute atomic E-state index is 0.185. The zero-order valence-corrected chi connectivity index (χ0v) is 15.8. The van der Waals surface area contributed by atoms with Crippen LogP contribution in [0.2, 0.25) is 0 Å². The van der Waals surface area contributed by atoms with Crippen molar-refractivity contribution in [3.63, 3.8) is 0 Å². The second-order valence-electron chi connectivity index (χ2n) is 6.58. The van der Waals surface area contributed by atoms with E-state index in [1.165, 1.54) is 6.33 Å². The highest BCUT2D eigenvalue weighted by molar-refractivity contribution is 6.03. The molecule has 6 nitrogen and oxygen atoms in total. The van der Waals surface area contributed by atoms with Gasteiger partial charge in [0.2, 0.25) is 0 Å². The van der Waals surface area contributed by atoms with Crippen LogP contribution in [0.25, 0.3) is 0 Å². The first-order chi connectivity index (χ1) is 13.6. The molecule has 3 rings (SSSR count). The molecule has 0 aliphatic heterocycles. The van der Waals surface area contributed by atoms with E-state index < -0.39 is 0 Å². The van der Waals surface area contributed by atoms with E-state index in [2.05, 4.69) is 52.2 Å². The van der Waals surface area contributed by atoms with E-state index in [0.29, 0.717) is 23.6 Å². The summed E-state index contributed by atoms with van der Waals surface area (Å²) in [5.41, 5.74) is 2.26. The maximum absolute atomic E-state index is 12.7. The molecule has 0 saturated heterocycles. The number of nitriles is 1. The van der Waals surface area contributed by atoms with E-state index in [1.807, 2.05) is 18.2 Å². The predicted octanol–water partition coefficient (Wildman–Crippen LogP) is 4.02. The lowest BCUT2D eigenvalue weighted by atomic mass is 10.2. The Balaban J connectivity index is 1.84. The van der Waals surface area contributed by atoms with Crippen LogP contribution in [0.1, 0.15) is 35.5 Å². The summed E-state index contributed by atoms with van der Waals surface area (Å²) in [4.78, 5) is 23.2. The van der Waals surface area contributed by atoms with Crippen molar-refractivity contribution < 1.29 is 4.79 Å². The van der Waals surface area contributed by atoms with Gasteiger partial charge in [-0.15, -0.1) is 0 Å². The molecule has 28 heavy (non-hydrogen) atoms. The zero-order chi connectivity index (χ0) is 19.9. The van der Waals surface area contributed by atoms with Crippen molar-refractivity contribution in [2.75, 3.05) is 10.2 Å². The second kappa shape index (κ2) is 8.78. The molecule has 2 aromatic carbocycles. The Hall–Kier alpha value is -3.72. The first-order valence-corrected chi connectivity index (χ1v) is 9.01. The number of para-hydroxylation sites is 1. The van der Waals surface area contributed by atoms with Gasteiger partial charge in [-0.3, -0.25) is 4.79 Å². The number of carbonyl (C=O) groups is 1. The molecule has 0 aliphatic carbocycles. The zero-order valence-electron chi connectivity index (χ0n) is 15.8. The molecule has 1 aromatic heterocycles. The highest BCUT2D eigenvalue weighted by atomic mass is 16.1. The first kappa shape index (κ1) is 19.1. The van der Waals surface area contributed by atoms with Gasteiger partial charge >= 0.3 is 0 Å². The Labute approximate surface area is 164 Å². The normalized spacial score (nSPS) is 10.4.